The first-order valence-electron chi connectivity index (χ1n) is 2.25. The van der Waals surface area contributed by atoms with Gasteiger partial charge in [0.2, 0.25) is 0 Å². The van der Waals surface area contributed by atoms with Gasteiger partial charge in [-0.25, -0.2) is 4.39 Å². The van der Waals surface area contributed by atoms with Crippen molar-refractivity contribution in [1.29, 1.82) is 0 Å². The zero-order chi connectivity index (χ0) is 7.49. The van der Waals surface area contributed by atoms with Crippen molar-refractivity contribution >= 4 is 31.9 Å². The van der Waals surface area contributed by atoms with E-state index in [-0.39, 0.29) is 11.8 Å². The molecule has 0 aliphatic carbocycles. The Morgan fingerprint density at radius 2 is 1.89 bits per heavy atom. The first-order valence-corrected chi connectivity index (χ1v) is 4.16. The second kappa shape index (κ2) is 3.81. The standard InChI is InChI=1S/C4H5Br2F3/c5-2-1-3(7)4(6,8)9/h3H,1-2H2/t3-/m1/s1. The molecule has 0 spiro atoms. The maximum atomic E-state index is 12.1. The van der Waals surface area contributed by atoms with Crippen LogP contribution in [-0.2, 0) is 0 Å². The summed E-state index contributed by atoms with van der Waals surface area (Å²) in [7, 11) is 0. The molecule has 0 N–H and O–H groups in total. The number of hydrogen-bond donors (Lipinski definition) is 0. The summed E-state index contributed by atoms with van der Waals surface area (Å²) in [5, 5.41) is 0.245. The molecule has 0 aliphatic rings. The van der Waals surface area contributed by atoms with Gasteiger partial charge < -0.3 is 0 Å². The summed E-state index contributed by atoms with van der Waals surface area (Å²) in [6.07, 6.45) is -2.28. The molecule has 0 aromatic rings. The monoisotopic (exact) mass is 268 g/mol. The molecule has 5 heteroatoms. The lowest BCUT2D eigenvalue weighted by molar-refractivity contribution is 0.0211. The maximum Gasteiger partial charge on any atom is 0.331 e. The molecule has 56 valence electrons. The first kappa shape index (κ1) is 9.75. The van der Waals surface area contributed by atoms with Crippen LogP contribution in [0, 0.1) is 0 Å². The first-order chi connectivity index (χ1) is 3.98. The molecule has 0 rings (SSSR count). The van der Waals surface area contributed by atoms with E-state index in [1.54, 1.807) is 0 Å². The van der Waals surface area contributed by atoms with Gasteiger partial charge in [0.25, 0.3) is 0 Å². The molecule has 0 heterocycles. The highest BCUT2D eigenvalue weighted by molar-refractivity contribution is 9.10. The summed E-state index contributed by atoms with van der Waals surface area (Å²) >= 11 is 4.76. The Morgan fingerprint density at radius 1 is 1.44 bits per heavy atom. The number of hydrogen-bond acceptors (Lipinski definition) is 0. The number of rotatable bonds is 3. The topological polar surface area (TPSA) is 0 Å². The molecule has 0 unspecified atom stereocenters. The van der Waals surface area contributed by atoms with Gasteiger partial charge in [-0.1, -0.05) is 15.9 Å². The Balaban J connectivity index is 3.59. The number of halogens is 5. The predicted octanol–water partition coefficient (Wildman–Crippen LogP) is 3.10. The smallest absolute Gasteiger partial charge is 0.240 e. The molecule has 0 fully saturated rings. The van der Waals surface area contributed by atoms with Gasteiger partial charge in [-0.15, -0.1) is 0 Å². The zero-order valence-electron chi connectivity index (χ0n) is 4.38. The molecular weight excluding hydrogens is 265 g/mol. The van der Waals surface area contributed by atoms with E-state index in [4.69, 9.17) is 0 Å². The lowest BCUT2D eigenvalue weighted by atomic mass is 10.3. The third-order valence-electron chi connectivity index (χ3n) is 0.718. The van der Waals surface area contributed by atoms with E-state index in [1.165, 1.54) is 0 Å². The minimum Gasteiger partial charge on any atom is -0.240 e. The van der Waals surface area contributed by atoms with Crippen molar-refractivity contribution in [2.75, 3.05) is 5.33 Å². The molecular formula is C4H5Br2F3. The van der Waals surface area contributed by atoms with Gasteiger partial charge >= 0.3 is 4.83 Å². The third kappa shape index (κ3) is 4.19. The molecule has 0 saturated heterocycles. The van der Waals surface area contributed by atoms with Crippen LogP contribution < -0.4 is 0 Å². The van der Waals surface area contributed by atoms with Crippen LogP contribution in [0.1, 0.15) is 6.42 Å². The Labute approximate surface area is 68.1 Å². The van der Waals surface area contributed by atoms with E-state index in [1.807, 2.05) is 15.9 Å². The summed E-state index contributed by atoms with van der Waals surface area (Å²) in [4.78, 5) is -3.37. The Hall–Kier alpha value is 0.750. The van der Waals surface area contributed by atoms with Crippen LogP contribution in [0.5, 0.6) is 0 Å². The maximum absolute atomic E-state index is 12.1. The van der Waals surface area contributed by atoms with Crippen molar-refractivity contribution in [1.82, 2.24) is 0 Å². The normalized spacial score (nSPS) is 15.7. The second-order valence-corrected chi connectivity index (χ2v) is 3.34. The van der Waals surface area contributed by atoms with Crippen molar-refractivity contribution in [3.63, 3.8) is 0 Å². The van der Waals surface area contributed by atoms with Crippen molar-refractivity contribution in [2.45, 2.75) is 17.4 Å². The van der Waals surface area contributed by atoms with Gasteiger partial charge in [0, 0.05) is 5.33 Å². The van der Waals surface area contributed by atoms with Gasteiger partial charge in [0.15, 0.2) is 6.17 Å². The SMILES string of the molecule is F[C@H](CCBr)C(F)(F)Br. The van der Waals surface area contributed by atoms with Crippen molar-refractivity contribution in [3.8, 4) is 0 Å². The molecule has 9 heavy (non-hydrogen) atoms. The van der Waals surface area contributed by atoms with Crippen molar-refractivity contribution in [3.05, 3.63) is 0 Å². The van der Waals surface area contributed by atoms with E-state index in [9.17, 15) is 13.2 Å². The minimum absolute atomic E-state index is 0.182. The predicted molar refractivity (Wildman–Crippen MR) is 37.2 cm³/mol. The highest BCUT2D eigenvalue weighted by Gasteiger charge is 2.35. The second-order valence-electron chi connectivity index (χ2n) is 1.49. The van der Waals surface area contributed by atoms with Crippen LogP contribution in [0.25, 0.3) is 0 Å². The fourth-order valence-electron chi connectivity index (χ4n) is 0.259. The Bertz CT molecular complexity index is 80.4. The minimum atomic E-state index is -3.37. The van der Waals surface area contributed by atoms with Crippen LogP contribution in [-0.4, -0.2) is 16.3 Å². The molecule has 0 amide bonds. The summed E-state index contributed by atoms with van der Waals surface area (Å²) in [6.45, 7) is 0. The van der Waals surface area contributed by atoms with Gasteiger partial charge in [-0.3, -0.25) is 0 Å². The molecule has 0 aliphatic heterocycles. The highest BCUT2D eigenvalue weighted by Crippen LogP contribution is 2.30. The van der Waals surface area contributed by atoms with E-state index < -0.39 is 11.0 Å². The van der Waals surface area contributed by atoms with Gasteiger partial charge in [0.1, 0.15) is 0 Å². The van der Waals surface area contributed by atoms with E-state index in [0.717, 1.165) is 0 Å². The van der Waals surface area contributed by atoms with Crippen LogP contribution in [0.4, 0.5) is 13.2 Å². The fourth-order valence-corrected chi connectivity index (χ4v) is 0.890. The lowest BCUT2D eigenvalue weighted by Crippen LogP contribution is -2.22. The molecule has 0 saturated carbocycles. The largest absolute Gasteiger partial charge is 0.331 e. The van der Waals surface area contributed by atoms with E-state index in [0.29, 0.717) is 0 Å². The van der Waals surface area contributed by atoms with E-state index in [2.05, 4.69) is 15.9 Å². The fraction of sp³-hybridized carbons (Fsp3) is 1.00. The molecule has 1 atom stereocenters. The lowest BCUT2D eigenvalue weighted by Gasteiger charge is -2.11. The van der Waals surface area contributed by atoms with Gasteiger partial charge in [0.05, 0.1) is 0 Å². The molecule has 0 radical (unpaired) electrons. The van der Waals surface area contributed by atoms with Crippen LogP contribution in [0.3, 0.4) is 0 Å². The molecule has 0 nitrogen and oxygen atoms in total. The van der Waals surface area contributed by atoms with Crippen LogP contribution >= 0.6 is 31.9 Å². The summed E-state index contributed by atoms with van der Waals surface area (Å²) in [6, 6.07) is 0. The third-order valence-corrected chi connectivity index (χ3v) is 1.67. The van der Waals surface area contributed by atoms with Crippen molar-refractivity contribution in [2.24, 2.45) is 0 Å². The molecule has 0 aromatic carbocycles. The van der Waals surface area contributed by atoms with Gasteiger partial charge in [-0.05, 0) is 22.4 Å². The summed E-state index contributed by atoms with van der Waals surface area (Å²) in [5.74, 6) is 0. The summed E-state index contributed by atoms with van der Waals surface area (Å²) in [5.41, 5.74) is 0. The average Bonchev–Trinajstić information content (AvgIpc) is 1.64. The Morgan fingerprint density at radius 3 is 2.00 bits per heavy atom. The van der Waals surface area contributed by atoms with Crippen LogP contribution in [0.2, 0.25) is 0 Å². The summed E-state index contributed by atoms with van der Waals surface area (Å²) < 4.78 is 35.7. The quantitative estimate of drug-likeness (QED) is 0.691. The van der Waals surface area contributed by atoms with Gasteiger partial charge in [-0.2, -0.15) is 8.78 Å². The molecule has 0 aromatic heterocycles. The molecule has 0 bridgehead atoms. The average molecular weight is 270 g/mol. The van der Waals surface area contributed by atoms with Crippen molar-refractivity contribution < 1.29 is 13.2 Å². The number of alkyl halides is 5. The van der Waals surface area contributed by atoms with Crippen LogP contribution in [0.15, 0.2) is 0 Å². The van der Waals surface area contributed by atoms with E-state index >= 15 is 0 Å². The zero-order valence-corrected chi connectivity index (χ0v) is 7.55. The highest BCUT2D eigenvalue weighted by atomic mass is 79.9. The Kier molecular flexibility index (Phi) is 4.12.